The molecule has 0 N–H and O–H groups in total. The van der Waals surface area contributed by atoms with Crippen LogP contribution < -0.4 is 10.3 Å². The van der Waals surface area contributed by atoms with Gasteiger partial charge in [0.2, 0.25) is 10.0 Å². The summed E-state index contributed by atoms with van der Waals surface area (Å²) in [5.74, 6) is 0.310. The second-order valence-electron chi connectivity index (χ2n) is 6.99. The number of hydrogen-bond acceptors (Lipinski definition) is 5. The van der Waals surface area contributed by atoms with Crippen LogP contribution in [-0.4, -0.2) is 61.4 Å². The number of ether oxygens (including phenoxy) is 1. The quantitative estimate of drug-likeness (QED) is 0.736. The van der Waals surface area contributed by atoms with Gasteiger partial charge in [0.1, 0.15) is 11.9 Å². The molecule has 0 saturated carbocycles. The highest BCUT2D eigenvalue weighted by Gasteiger charge is 2.33. The topological polar surface area (TPSA) is 88.9 Å². The van der Waals surface area contributed by atoms with E-state index in [9.17, 15) is 18.0 Å². The molecule has 2 aromatic rings. The zero-order chi connectivity index (χ0) is 20.6. The molecule has 3 rings (SSSR count). The Morgan fingerprint density at radius 3 is 2.29 bits per heavy atom. The summed E-state index contributed by atoms with van der Waals surface area (Å²) in [7, 11) is 1.09. The van der Waals surface area contributed by atoms with Gasteiger partial charge in [0.25, 0.3) is 11.5 Å². The smallest absolute Gasteiger partial charge is 0.254 e. The first kappa shape index (κ1) is 20.1. The van der Waals surface area contributed by atoms with Crippen molar-refractivity contribution in [2.75, 3.05) is 27.2 Å². The largest absolute Gasteiger partial charge is 0.486 e. The third kappa shape index (κ3) is 3.81. The van der Waals surface area contributed by atoms with Crippen LogP contribution in [0.3, 0.4) is 0 Å². The van der Waals surface area contributed by atoms with E-state index < -0.39 is 10.0 Å². The van der Waals surface area contributed by atoms with Crippen LogP contribution in [0.2, 0.25) is 0 Å². The molecule has 0 bridgehead atoms. The van der Waals surface area contributed by atoms with Gasteiger partial charge in [-0.25, -0.2) is 12.7 Å². The van der Waals surface area contributed by atoms with Crippen molar-refractivity contribution in [3.8, 4) is 5.75 Å². The molecule has 1 aliphatic heterocycles. The van der Waals surface area contributed by atoms with Crippen LogP contribution in [0.15, 0.2) is 46.1 Å². The molecule has 9 heteroatoms. The first-order chi connectivity index (χ1) is 13.1. The summed E-state index contributed by atoms with van der Waals surface area (Å²) in [6.07, 6.45) is -0.177. The van der Waals surface area contributed by atoms with E-state index >= 15 is 0 Å². The Morgan fingerprint density at radius 2 is 1.75 bits per heavy atom. The molecule has 150 valence electrons. The lowest BCUT2D eigenvalue weighted by molar-refractivity contribution is 0.0176. The van der Waals surface area contributed by atoms with E-state index in [2.05, 4.69) is 0 Å². The van der Waals surface area contributed by atoms with Crippen molar-refractivity contribution in [1.82, 2.24) is 13.8 Å². The van der Waals surface area contributed by atoms with Gasteiger partial charge in [-0.1, -0.05) is 0 Å². The standard InChI is InChI=1S/C19H23N3O5S/c1-13-9-15(10-18(23)21(13)4)27-16-11-22(12-16)19(24)14-5-7-17(8-6-14)28(25,26)20(2)3/h5-10,16H,11-12H2,1-4H3. The first-order valence-corrected chi connectivity index (χ1v) is 10.2. The third-order valence-electron chi connectivity index (χ3n) is 4.79. The molecule has 1 amide bonds. The van der Waals surface area contributed by atoms with Crippen LogP contribution in [0.25, 0.3) is 0 Å². The Balaban J connectivity index is 1.61. The lowest BCUT2D eigenvalue weighted by Gasteiger charge is -2.39. The van der Waals surface area contributed by atoms with Gasteiger partial charge >= 0.3 is 0 Å². The van der Waals surface area contributed by atoms with E-state index in [1.54, 1.807) is 18.0 Å². The molecule has 0 atom stereocenters. The van der Waals surface area contributed by atoms with Crippen LogP contribution in [0.5, 0.6) is 5.75 Å². The number of nitrogens with zero attached hydrogens (tertiary/aromatic N) is 3. The molecule has 2 heterocycles. The van der Waals surface area contributed by atoms with Gasteiger partial charge in [-0.2, -0.15) is 0 Å². The maximum Gasteiger partial charge on any atom is 0.254 e. The van der Waals surface area contributed by atoms with Crippen LogP contribution in [0, 0.1) is 6.92 Å². The Hall–Kier alpha value is -2.65. The van der Waals surface area contributed by atoms with Crippen molar-refractivity contribution >= 4 is 15.9 Å². The van der Waals surface area contributed by atoms with Crippen molar-refractivity contribution in [2.24, 2.45) is 7.05 Å². The minimum atomic E-state index is -3.52. The average Bonchev–Trinajstić information content (AvgIpc) is 2.61. The summed E-state index contributed by atoms with van der Waals surface area (Å²) in [5.41, 5.74) is 1.07. The molecule has 0 spiro atoms. The van der Waals surface area contributed by atoms with Gasteiger partial charge in [0.05, 0.1) is 18.0 Å². The molecule has 28 heavy (non-hydrogen) atoms. The normalized spacial score (nSPS) is 14.8. The molecule has 1 fully saturated rings. The Bertz CT molecular complexity index is 1050. The molecule has 0 aliphatic carbocycles. The van der Waals surface area contributed by atoms with Gasteiger partial charge in [-0.15, -0.1) is 0 Å². The van der Waals surface area contributed by atoms with Gasteiger partial charge in [0, 0.05) is 38.5 Å². The van der Waals surface area contributed by atoms with Crippen molar-refractivity contribution in [1.29, 1.82) is 0 Å². The molecule has 0 radical (unpaired) electrons. The van der Waals surface area contributed by atoms with E-state index in [1.165, 1.54) is 49.0 Å². The lowest BCUT2D eigenvalue weighted by atomic mass is 10.1. The highest BCUT2D eigenvalue weighted by molar-refractivity contribution is 7.89. The minimum absolute atomic E-state index is 0.139. The second-order valence-corrected chi connectivity index (χ2v) is 9.14. The number of likely N-dealkylation sites (tertiary alicyclic amines) is 1. The Labute approximate surface area is 164 Å². The van der Waals surface area contributed by atoms with Gasteiger partial charge in [-0.3, -0.25) is 9.59 Å². The number of pyridine rings is 1. The fourth-order valence-electron chi connectivity index (χ4n) is 2.84. The van der Waals surface area contributed by atoms with Crippen LogP contribution in [0.4, 0.5) is 0 Å². The fourth-order valence-corrected chi connectivity index (χ4v) is 3.74. The van der Waals surface area contributed by atoms with Gasteiger partial charge in [-0.05, 0) is 37.3 Å². The van der Waals surface area contributed by atoms with Gasteiger partial charge < -0.3 is 14.2 Å². The van der Waals surface area contributed by atoms with Crippen molar-refractivity contribution in [2.45, 2.75) is 17.9 Å². The summed E-state index contributed by atoms with van der Waals surface area (Å²) in [5, 5.41) is 0. The average molecular weight is 405 g/mol. The summed E-state index contributed by atoms with van der Waals surface area (Å²) in [4.78, 5) is 26.1. The number of carbonyl (C=O) groups is 1. The minimum Gasteiger partial charge on any atom is -0.486 e. The number of rotatable bonds is 5. The van der Waals surface area contributed by atoms with Crippen LogP contribution >= 0.6 is 0 Å². The lowest BCUT2D eigenvalue weighted by Crippen LogP contribution is -2.56. The molecular formula is C19H23N3O5S. The zero-order valence-corrected chi connectivity index (χ0v) is 17.1. The second kappa shape index (κ2) is 7.40. The van der Waals surface area contributed by atoms with E-state index in [1.807, 2.05) is 6.92 Å². The summed E-state index contributed by atoms with van der Waals surface area (Å²) in [6, 6.07) is 9.10. The van der Waals surface area contributed by atoms with Crippen molar-refractivity contribution in [3.05, 3.63) is 58.0 Å². The predicted molar refractivity (Wildman–Crippen MR) is 104 cm³/mol. The number of sulfonamides is 1. The molecule has 1 saturated heterocycles. The van der Waals surface area contributed by atoms with Crippen LogP contribution in [-0.2, 0) is 17.1 Å². The summed E-state index contributed by atoms with van der Waals surface area (Å²) in [6.45, 7) is 2.64. The number of aryl methyl sites for hydroxylation is 1. The Morgan fingerprint density at radius 1 is 1.14 bits per heavy atom. The number of hydrogen-bond donors (Lipinski definition) is 0. The molecule has 1 aliphatic rings. The highest BCUT2D eigenvalue weighted by atomic mass is 32.2. The molecule has 1 aromatic carbocycles. The van der Waals surface area contributed by atoms with Gasteiger partial charge in [0.15, 0.2) is 0 Å². The molecule has 8 nitrogen and oxygen atoms in total. The maximum absolute atomic E-state index is 12.5. The third-order valence-corrected chi connectivity index (χ3v) is 6.62. The van der Waals surface area contributed by atoms with E-state index in [4.69, 9.17) is 4.74 Å². The SMILES string of the molecule is Cc1cc(OC2CN(C(=O)c3ccc(S(=O)(=O)N(C)C)cc3)C2)cc(=O)n1C. The number of amides is 1. The van der Waals surface area contributed by atoms with Crippen molar-refractivity contribution in [3.63, 3.8) is 0 Å². The number of benzene rings is 1. The predicted octanol–water partition coefficient (Wildman–Crippen LogP) is 0.847. The zero-order valence-electron chi connectivity index (χ0n) is 16.2. The monoisotopic (exact) mass is 405 g/mol. The molecule has 1 aromatic heterocycles. The maximum atomic E-state index is 12.5. The summed E-state index contributed by atoms with van der Waals surface area (Å²) >= 11 is 0. The molecular weight excluding hydrogens is 382 g/mol. The van der Waals surface area contributed by atoms with Crippen molar-refractivity contribution < 1.29 is 17.9 Å². The van der Waals surface area contributed by atoms with Crippen LogP contribution in [0.1, 0.15) is 16.1 Å². The highest BCUT2D eigenvalue weighted by Crippen LogP contribution is 2.21. The number of aromatic nitrogens is 1. The molecule has 0 unspecified atom stereocenters. The van der Waals surface area contributed by atoms with E-state index in [0.717, 1.165) is 10.00 Å². The number of carbonyl (C=O) groups excluding carboxylic acids is 1. The van der Waals surface area contributed by atoms with E-state index in [-0.39, 0.29) is 22.5 Å². The first-order valence-electron chi connectivity index (χ1n) is 8.76. The fraction of sp³-hybridized carbons (Fsp3) is 0.368. The summed E-state index contributed by atoms with van der Waals surface area (Å²) < 4.78 is 32.6. The Kier molecular flexibility index (Phi) is 5.31. The van der Waals surface area contributed by atoms with E-state index in [0.29, 0.717) is 24.4 Å².